The molecule has 0 unspecified atom stereocenters. The van der Waals surface area contributed by atoms with Crippen molar-refractivity contribution in [3.63, 3.8) is 0 Å². The fraction of sp³-hybridized carbons (Fsp3) is 0.444. The number of aromatic nitrogens is 2. The number of hydrogen-bond acceptors (Lipinski definition) is 11. The molecular weight excluding hydrogens is 539 g/mol. The Bertz CT molecular complexity index is 1380. The van der Waals surface area contributed by atoms with Crippen molar-refractivity contribution in [2.24, 2.45) is 0 Å². The van der Waals surface area contributed by atoms with Crippen molar-refractivity contribution in [2.75, 3.05) is 18.9 Å². The molecular formula is C27H35N4O8P. The van der Waals surface area contributed by atoms with Gasteiger partial charge in [-0.25, -0.2) is 0 Å². The van der Waals surface area contributed by atoms with E-state index < -0.39 is 38.3 Å². The Kier molecular flexibility index (Phi) is 8.94. The van der Waals surface area contributed by atoms with E-state index in [9.17, 15) is 14.5 Å². The normalized spacial score (nSPS) is 21.2. The molecule has 40 heavy (non-hydrogen) atoms. The summed E-state index contributed by atoms with van der Waals surface area (Å²) in [6.45, 7) is 1.41. The molecule has 0 spiro atoms. The maximum atomic E-state index is 12.9. The van der Waals surface area contributed by atoms with Crippen LogP contribution in [0.4, 0.5) is 5.82 Å². The molecule has 0 amide bonds. The number of nitrogen functional groups attached to an aromatic ring is 1. The Labute approximate surface area is 232 Å². The molecule has 2 aliphatic rings. The Morgan fingerprint density at radius 2 is 1.98 bits per heavy atom. The number of nitrogens with zero attached hydrogens (tertiary/aromatic N) is 2. The third-order valence-electron chi connectivity index (χ3n) is 6.90. The van der Waals surface area contributed by atoms with Crippen LogP contribution in [-0.4, -0.2) is 52.1 Å². The number of esters is 1. The van der Waals surface area contributed by atoms with E-state index in [0.29, 0.717) is 5.75 Å². The van der Waals surface area contributed by atoms with Gasteiger partial charge < -0.3 is 0 Å². The van der Waals surface area contributed by atoms with E-state index in [4.69, 9.17) is 29.0 Å². The predicted octanol–water partition coefficient (Wildman–Crippen LogP) is 3.20. The van der Waals surface area contributed by atoms with Crippen LogP contribution in [0.25, 0.3) is 10.8 Å². The molecule has 2 aromatic carbocycles. The van der Waals surface area contributed by atoms with Crippen molar-refractivity contribution >= 4 is 30.7 Å². The van der Waals surface area contributed by atoms with Gasteiger partial charge in [0.2, 0.25) is 0 Å². The summed E-state index contributed by atoms with van der Waals surface area (Å²) in [5, 5.41) is 4.54. The van der Waals surface area contributed by atoms with Gasteiger partial charge >= 0.3 is 232 Å². The van der Waals surface area contributed by atoms with E-state index in [1.807, 2.05) is 30.3 Å². The van der Waals surface area contributed by atoms with Gasteiger partial charge in [-0.1, -0.05) is 0 Å². The minimum atomic E-state index is -4.29. The quantitative estimate of drug-likeness (QED) is 0.241. The SMILES string of the molecule is C[C@H](N[PH](O)(OC[C@H]1OC[C@@H](n2ccc(N)nc2=O)O1)Oc1cccc2ccccc12)C(=O)OC1CCCCC1. The molecule has 3 aromatic rings. The standard InChI is InChI=1S/C27H35N4O8P/c1-18(26(32)37-20-10-3-2-4-11-20)30-40(34,39-22-13-7-9-19-8-5-6-12-21(19)22)36-17-25-35-16-24(38-25)31-15-14-23(28)29-27(31)33/h5-9,12-15,18,20,24-25,30,34,40H,2-4,10-11,16-17H2,1H3,(H2,28,29,33)/t18-,24-,25-/m0/s1. The molecule has 12 nitrogen and oxygen atoms in total. The summed E-state index contributed by atoms with van der Waals surface area (Å²) in [7, 11) is -4.29. The molecule has 2 heterocycles. The molecule has 1 saturated carbocycles. The van der Waals surface area contributed by atoms with Crippen LogP contribution < -0.4 is 21.0 Å². The summed E-state index contributed by atoms with van der Waals surface area (Å²) < 4.78 is 30.4. The predicted molar refractivity (Wildman–Crippen MR) is 149 cm³/mol. The first-order chi connectivity index (χ1) is 19.3. The van der Waals surface area contributed by atoms with Crippen LogP contribution in [0.15, 0.2) is 59.5 Å². The summed E-state index contributed by atoms with van der Waals surface area (Å²) in [4.78, 5) is 40.4. The molecule has 0 bridgehead atoms. The second-order valence-electron chi connectivity index (χ2n) is 9.93. The van der Waals surface area contributed by atoms with Crippen LogP contribution in [0.2, 0.25) is 0 Å². The monoisotopic (exact) mass is 574 g/mol. The van der Waals surface area contributed by atoms with E-state index in [0.717, 1.165) is 42.9 Å². The third-order valence-corrected chi connectivity index (χ3v) is 8.75. The van der Waals surface area contributed by atoms with Crippen LogP contribution >= 0.6 is 8.09 Å². The van der Waals surface area contributed by atoms with Crippen molar-refractivity contribution in [3.8, 4) is 5.75 Å². The number of rotatable bonds is 10. The van der Waals surface area contributed by atoms with Crippen molar-refractivity contribution in [2.45, 2.75) is 63.7 Å². The molecule has 5 rings (SSSR count). The minimum absolute atomic E-state index is 0.0568. The molecule has 1 saturated heterocycles. The van der Waals surface area contributed by atoms with Crippen LogP contribution in [-0.2, 0) is 23.5 Å². The zero-order valence-electron chi connectivity index (χ0n) is 22.2. The van der Waals surface area contributed by atoms with Crippen molar-refractivity contribution < 1.29 is 32.9 Å². The number of fused-ring (bicyclic) bond motifs is 1. The van der Waals surface area contributed by atoms with Gasteiger partial charge in [-0.15, -0.1) is 0 Å². The van der Waals surface area contributed by atoms with Gasteiger partial charge in [-0.3, -0.25) is 0 Å². The number of carbonyl (C=O) groups excluding carboxylic acids is 1. The molecule has 0 radical (unpaired) electrons. The number of nitrogens with one attached hydrogen (secondary N) is 1. The van der Waals surface area contributed by atoms with Crippen LogP contribution in [0.1, 0.15) is 45.3 Å². The first-order valence-corrected chi connectivity index (χ1v) is 15.2. The second kappa shape index (κ2) is 12.6. The van der Waals surface area contributed by atoms with E-state index in [-0.39, 0.29) is 25.1 Å². The number of anilines is 1. The topological polar surface area (TPSA) is 156 Å². The summed E-state index contributed by atoms with van der Waals surface area (Å²) in [6.07, 6.45) is 4.49. The Morgan fingerprint density at radius 1 is 1.20 bits per heavy atom. The zero-order chi connectivity index (χ0) is 28.1. The number of benzene rings is 2. The Morgan fingerprint density at radius 3 is 2.77 bits per heavy atom. The molecule has 1 aliphatic heterocycles. The number of hydrogen-bond donors (Lipinski definition) is 3. The van der Waals surface area contributed by atoms with Crippen molar-refractivity contribution in [1.29, 1.82) is 0 Å². The first-order valence-electron chi connectivity index (χ1n) is 13.4. The van der Waals surface area contributed by atoms with E-state index in [1.165, 1.54) is 16.8 Å². The average molecular weight is 575 g/mol. The molecule has 2 fully saturated rings. The van der Waals surface area contributed by atoms with Crippen molar-refractivity contribution in [1.82, 2.24) is 14.6 Å². The third kappa shape index (κ3) is 6.95. The van der Waals surface area contributed by atoms with E-state index >= 15 is 0 Å². The first kappa shape index (κ1) is 28.4. The molecule has 1 aliphatic carbocycles. The van der Waals surface area contributed by atoms with Gasteiger partial charge in [-0.2, -0.15) is 0 Å². The summed E-state index contributed by atoms with van der Waals surface area (Å²) in [5.41, 5.74) is 4.99. The molecule has 216 valence electrons. The van der Waals surface area contributed by atoms with Gasteiger partial charge in [0.25, 0.3) is 0 Å². The van der Waals surface area contributed by atoms with Crippen LogP contribution in [0.3, 0.4) is 0 Å². The van der Waals surface area contributed by atoms with Crippen LogP contribution in [0, 0.1) is 0 Å². The average Bonchev–Trinajstić information content (AvgIpc) is 3.41. The number of nitrogens with two attached hydrogens (primary N) is 1. The summed E-state index contributed by atoms with van der Waals surface area (Å²) >= 11 is 0. The molecule has 3 atom stereocenters. The van der Waals surface area contributed by atoms with Gasteiger partial charge in [0, 0.05) is 0 Å². The second-order valence-corrected chi connectivity index (χ2v) is 11.9. The maximum absolute atomic E-state index is 12.9. The fourth-order valence-corrected chi connectivity index (χ4v) is 6.52. The van der Waals surface area contributed by atoms with Gasteiger partial charge in [0.05, 0.1) is 0 Å². The number of ether oxygens (including phenoxy) is 3. The van der Waals surface area contributed by atoms with Gasteiger partial charge in [-0.05, 0) is 0 Å². The van der Waals surface area contributed by atoms with Crippen molar-refractivity contribution in [3.05, 3.63) is 65.2 Å². The summed E-state index contributed by atoms with van der Waals surface area (Å²) in [6, 6.07) is 13.6. The fourth-order valence-electron chi connectivity index (χ4n) is 4.82. The Hall–Kier alpha value is -3.12. The van der Waals surface area contributed by atoms with Crippen LogP contribution in [0.5, 0.6) is 5.75 Å². The van der Waals surface area contributed by atoms with E-state index in [1.54, 1.807) is 19.1 Å². The van der Waals surface area contributed by atoms with Gasteiger partial charge in [0.15, 0.2) is 0 Å². The van der Waals surface area contributed by atoms with E-state index in [2.05, 4.69) is 10.1 Å². The Balaban J connectivity index is 1.29. The van der Waals surface area contributed by atoms with Gasteiger partial charge in [0.1, 0.15) is 0 Å². The number of carbonyl (C=O) groups is 1. The summed E-state index contributed by atoms with van der Waals surface area (Å²) in [5.74, 6) is -0.00578. The molecule has 1 aromatic heterocycles. The molecule has 13 heteroatoms. The molecule has 4 N–H and O–H groups in total. The zero-order valence-corrected chi connectivity index (χ0v) is 23.2.